The van der Waals surface area contributed by atoms with E-state index in [-0.39, 0.29) is 6.42 Å². The standard InChI is InChI=1S/C12H11Cl2N3O2/c13-10-2-1-3-11(14)9(10)7-17-6-8(15-16-17)4-5-12(18)19/h1-3,6H,4-5,7H2,(H,18,19). The van der Waals surface area contributed by atoms with Crippen LogP contribution in [0.5, 0.6) is 0 Å². The minimum Gasteiger partial charge on any atom is -0.481 e. The second-order valence-corrected chi connectivity index (χ2v) is 4.82. The lowest BCUT2D eigenvalue weighted by Gasteiger charge is -2.05. The Morgan fingerprint density at radius 3 is 2.63 bits per heavy atom. The van der Waals surface area contributed by atoms with Gasteiger partial charge in [-0.25, -0.2) is 4.68 Å². The SMILES string of the molecule is O=C(O)CCc1cn(Cc2c(Cl)cccc2Cl)nn1. The molecule has 0 bridgehead atoms. The minimum absolute atomic E-state index is 0.0333. The zero-order valence-corrected chi connectivity index (χ0v) is 11.4. The van der Waals surface area contributed by atoms with E-state index < -0.39 is 5.97 Å². The van der Waals surface area contributed by atoms with Crippen molar-refractivity contribution in [3.05, 3.63) is 45.7 Å². The maximum Gasteiger partial charge on any atom is 0.303 e. The molecule has 0 saturated carbocycles. The summed E-state index contributed by atoms with van der Waals surface area (Å²) in [4.78, 5) is 10.5. The van der Waals surface area contributed by atoms with Gasteiger partial charge < -0.3 is 5.11 Å². The molecule has 0 radical (unpaired) electrons. The number of hydrogen-bond donors (Lipinski definition) is 1. The van der Waals surface area contributed by atoms with E-state index in [0.29, 0.717) is 28.7 Å². The molecular weight excluding hydrogens is 289 g/mol. The molecule has 1 N–H and O–H groups in total. The third-order valence-corrected chi connectivity index (χ3v) is 3.27. The van der Waals surface area contributed by atoms with Gasteiger partial charge in [0.2, 0.25) is 0 Å². The van der Waals surface area contributed by atoms with Gasteiger partial charge in [-0.05, 0) is 12.1 Å². The average Bonchev–Trinajstić information content (AvgIpc) is 2.79. The summed E-state index contributed by atoms with van der Waals surface area (Å²) in [5.74, 6) is -0.858. The molecule has 0 saturated heterocycles. The Morgan fingerprint density at radius 2 is 2.00 bits per heavy atom. The highest BCUT2D eigenvalue weighted by atomic mass is 35.5. The van der Waals surface area contributed by atoms with Crippen molar-refractivity contribution in [2.45, 2.75) is 19.4 Å². The summed E-state index contributed by atoms with van der Waals surface area (Å²) in [6.07, 6.45) is 2.08. The van der Waals surface area contributed by atoms with Crippen LogP contribution < -0.4 is 0 Å². The van der Waals surface area contributed by atoms with Gasteiger partial charge in [0.15, 0.2) is 0 Å². The van der Waals surface area contributed by atoms with Gasteiger partial charge in [-0.2, -0.15) is 0 Å². The first-order valence-electron chi connectivity index (χ1n) is 5.60. The molecule has 0 spiro atoms. The van der Waals surface area contributed by atoms with Crippen molar-refractivity contribution in [1.82, 2.24) is 15.0 Å². The Bertz CT molecular complexity index is 578. The molecule has 1 aromatic carbocycles. The predicted octanol–water partition coefficient (Wildman–Crippen LogP) is 2.65. The third kappa shape index (κ3) is 3.68. The van der Waals surface area contributed by atoms with Crippen molar-refractivity contribution in [3.63, 3.8) is 0 Å². The fraction of sp³-hybridized carbons (Fsp3) is 0.250. The van der Waals surface area contributed by atoms with Crippen LogP contribution in [0.2, 0.25) is 10.0 Å². The molecule has 100 valence electrons. The number of aliphatic carboxylic acids is 1. The van der Waals surface area contributed by atoms with E-state index in [4.69, 9.17) is 28.3 Å². The summed E-state index contributed by atoms with van der Waals surface area (Å²) in [7, 11) is 0. The number of nitrogens with zero attached hydrogens (tertiary/aromatic N) is 3. The molecule has 2 aromatic rings. The monoisotopic (exact) mass is 299 g/mol. The van der Waals surface area contributed by atoms with Crippen LogP contribution in [0.3, 0.4) is 0 Å². The molecule has 0 atom stereocenters. The molecule has 2 rings (SSSR count). The van der Waals surface area contributed by atoms with Gasteiger partial charge in [0.05, 0.1) is 18.7 Å². The first-order valence-corrected chi connectivity index (χ1v) is 6.35. The summed E-state index contributed by atoms with van der Waals surface area (Å²) >= 11 is 12.1. The maximum atomic E-state index is 10.5. The lowest BCUT2D eigenvalue weighted by atomic mass is 10.2. The van der Waals surface area contributed by atoms with Gasteiger partial charge in [-0.3, -0.25) is 4.79 Å². The van der Waals surface area contributed by atoms with E-state index >= 15 is 0 Å². The molecule has 19 heavy (non-hydrogen) atoms. The third-order valence-electron chi connectivity index (χ3n) is 2.56. The lowest BCUT2D eigenvalue weighted by Crippen LogP contribution is -2.02. The minimum atomic E-state index is -0.858. The topological polar surface area (TPSA) is 68.0 Å². The van der Waals surface area contributed by atoms with Crippen LogP contribution in [-0.2, 0) is 17.8 Å². The Morgan fingerprint density at radius 1 is 1.32 bits per heavy atom. The summed E-state index contributed by atoms with van der Waals surface area (Å²) in [5.41, 5.74) is 1.39. The molecule has 0 amide bonds. The fourth-order valence-electron chi connectivity index (χ4n) is 1.61. The number of halogens is 2. The summed E-state index contributed by atoms with van der Waals surface area (Å²) in [5, 5.41) is 17.6. The van der Waals surface area contributed by atoms with Crippen LogP contribution in [0, 0.1) is 0 Å². The number of carboxylic acid groups (broad SMARTS) is 1. The van der Waals surface area contributed by atoms with Crippen molar-refractivity contribution in [3.8, 4) is 0 Å². The zero-order valence-electron chi connectivity index (χ0n) is 9.88. The second kappa shape index (κ2) is 6.04. The molecule has 0 unspecified atom stereocenters. The van der Waals surface area contributed by atoms with Gasteiger partial charge in [-0.1, -0.05) is 34.5 Å². The van der Waals surface area contributed by atoms with E-state index in [0.717, 1.165) is 5.56 Å². The Balaban J connectivity index is 2.09. The number of carboxylic acids is 1. The number of benzene rings is 1. The van der Waals surface area contributed by atoms with Gasteiger partial charge in [0.25, 0.3) is 0 Å². The van der Waals surface area contributed by atoms with Crippen LogP contribution in [-0.4, -0.2) is 26.1 Å². The lowest BCUT2D eigenvalue weighted by molar-refractivity contribution is -0.136. The summed E-state index contributed by atoms with van der Waals surface area (Å²) < 4.78 is 1.59. The molecule has 0 aliphatic rings. The van der Waals surface area contributed by atoms with Crippen molar-refractivity contribution in [2.75, 3.05) is 0 Å². The molecule has 0 aliphatic carbocycles. The molecule has 5 nitrogen and oxygen atoms in total. The second-order valence-electron chi connectivity index (χ2n) is 4.00. The summed E-state index contributed by atoms with van der Waals surface area (Å²) in [6, 6.07) is 5.28. The smallest absolute Gasteiger partial charge is 0.303 e. The fourth-order valence-corrected chi connectivity index (χ4v) is 2.13. The van der Waals surface area contributed by atoms with Crippen LogP contribution in [0.1, 0.15) is 17.7 Å². The molecule has 0 fully saturated rings. The van der Waals surface area contributed by atoms with Gasteiger partial charge in [0.1, 0.15) is 0 Å². The average molecular weight is 300 g/mol. The zero-order chi connectivity index (χ0) is 13.8. The van der Waals surface area contributed by atoms with Crippen LogP contribution in [0.25, 0.3) is 0 Å². The number of hydrogen-bond acceptors (Lipinski definition) is 3. The number of rotatable bonds is 5. The number of aryl methyl sites for hydroxylation is 1. The van der Waals surface area contributed by atoms with Crippen LogP contribution in [0.15, 0.2) is 24.4 Å². The molecule has 1 heterocycles. The molecular formula is C12H11Cl2N3O2. The van der Waals surface area contributed by atoms with Gasteiger partial charge in [-0.15, -0.1) is 5.10 Å². The van der Waals surface area contributed by atoms with Crippen LogP contribution in [0.4, 0.5) is 0 Å². The van der Waals surface area contributed by atoms with Gasteiger partial charge in [0, 0.05) is 28.2 Å². The van der Waals surface area contributed by atoms with Crippen molar-refractivity contribution in [2.24, 2.45) is 0 Å². The highest BCUT2D eigenvalue weighted by molar-refractivity contribution is 6.35. The first-order chi connectivity index (χ1) is 9.06. The normalized spacial score (nSPS) is 10.6. The first kappa shape index (κ1) is 13.8. The Kier molecular flexibility index (Phi) is 4.39. The van der Waals surface area contributed by atoms with E-state index in [1.165, 1.54) is 0 Å². The quantitative estimate of drug-likeness (QED) is 0.921. The number of aromatic nitrogens is 3. The van der Waals surface area contributed by atoms with Crippen molar-refractivity contribution >= 4 is 29.2 Å². The van der Waals surface area contributed by atoms with E-state index in [1.807, 2.05) is 0 Å². The highest BCUT2D eigenvalue weighted by Gasteiger charge is 2.09. The van der Waals surface area contributed by atoms with Crippen LogP contribution >= 0.6 is 23.2 Å². The predicted molar refractivity (Wildman–Crippen MR) is 71.5 cm³/mol. The maximum absolute atomic E-state index is 10.5. The Labute approximate surface area is 119 Å². The van der Waals surface area contributed by atoms with E-state index in [9.17, 15) is 4.79 Å². The van der Waals surface area contributed by atoms with E-state index in [1.54, 1.807) is 29.1 Å². The van der Waals surface area contributed by atoms with Crippen molar-refractivity contribution < 1.29 is 9.90 Å². The molecule has 7 heteroatoms. The number of carbonyl (C=O) groups is 1. The van der Waals surface area contributed by atoms with Gasteiger partial charge >= 0.3 is 5.97 Å². The highest BCUT2D eigenvalue weighted by Crippen LogP contribution is 2.24. The largest absolute Gasteiger partial charge is 0.481 e. The summed E-state index contributed by atoms with van der Waals surface area (Å²) in [6.45, 7) is 0.401. The Hall–Kier alpha value is -1.59. The molecule has 0 aliphatic heterocycles. The van der Waals surface area contributed by atoms with Crippen molar-refractivity contribution in [1.29, 1.82) is 0 Å². The van der Waals surface area contributed by atoms with E-state index in [2.05, 4.69) is 10.3 Å². The molecule has 1 aromatic heterocycles.